The van der Waals surface area contributed by atoms with Gasteiger partial charge >= 0.3 is 0 Å². The van der Waals surface area contributed by atoms with Gasteiger partial charge in [-0.2, -0.15) is 10.2 Å². The summed E-state index contributed by atoms with van der Waals surface area (Å²) >= 11 is 0. The molecule has 0 spiro atoms. The molecule has 4 aromatic rings. The number of rotatable bonds is 4. The molecule has 0 N–H and O–H groups in total. The SMILES string of the molecule is Cn1nc(C(=O)N2CC(Cn3nc(-c4cccnc4)ccc3=O)C2)c2ccccc21. The zero-order valence-electron chi connectivity index (χ0n) is 16.5. The van der Waals surface area contributed by atoms with Gasteiger partial charge in [-0.25, -0.2) is 4.68 Å². The lowest BCUT2D eigenvalue weighted by molar-refractivity contribution is 0.0454. The molecule has 0 unspecified atom stereocenters. The molecule has 1 amide bonds. The molecule has 8 heteroatoms. The summed E-state index contributed by atoms with van der Waals surface area (Å²) < 4.78 is 3.21. The Labute approximate surface area is 172 Å². The van der Waals surface area contributed by atoms with Crippen LogP contribution in [-0.4, -0.2) is 48.4 Å². The second-order valence-electron chi connectivity index (χ2n) is 7.55. The van der Waals surface area contributed by atoms with Gasteiger partial charge in [-0.05, 0) is 24.3 Å². The minimum absolute atomic E-state index is 0.0764. The molecule has 3 aromatic heterocycles. The summed E-state index contributed by atoms with van der Waals surface area (Å²) in [5.74, 6) is 0.103. The summed E-state index contributed by atoms with van der Waals surface area (Å²) in [4.78, 5) is 31.1. The molecular formula is C22H20N6O2. The first-order valence-electron chi connectivity index (χ1n) is 9.80. The molecule has 1 aliphatic rings. The zero-order valence-corrected chi connectivity index (χ0v) is 16.5. The van der Waals surface area contributed by atoms with Crippen molar-refractivity contribution in [3.63, 3.8) is 0 Å². The van der Waals surface area contributed by atoms with E-state index in [9.17, 15) is 9.59 Å². The summed E-state index contributed by atoms with van der Waals surface area (Å²) in [6, 6.07) is 14.7. The summed E-state index contributed by atoms with van der Waals surface area (Å²) in [6.07, 6.45) is 3.42. The lowest BCUT2D eigenvalue weighted by Crippen LogP contribution is -2.52. The third kappa shape index (κ3) is 3.16. The second-order valence-corrected chi connectivity index (χ2v) is 7.55. The first kappa shape index (κ1) is 18.2. The number of amides is 1. The van der Waals surface area contributed by atoms with E-state index in [0.29, 0.717) is 31.0 Å². The van der Waals surface area contributed by atoms with Crippen LogP contribution in [0.5, 0.6) is 0 Å². The Bertz CT molecular complexity index is 1290. The van der Waals surface area contributed by atoms with E-state index in [-0.39, 0.29) is 17.4 Å². The Morgan fingerprint density at radius 1 is 1.07 bits per heavy atom. The molecular weight excluding hydrogens is 380 g/mol. The van der Waals surface area contributed by atoms with Gasteiger partial charge in [0.05, 0.1) is 17.8 Å². The lowest BCUT2D eigenvalue weighted by atomic mass is 9.99. The molecule has 1 aliphatic heterocycles. The molecule has 0 atom stereocenters. The third-order valence-corrected chi connectivity index (χ3v) is 5.46. The van der Waals surface area contributed by atoms with Crippen molar-refractivity contribution in [3.8, 4) is 11.3 Å². The van der Waals surface area contributed by atoms with Gasteiger partial charge in [0.15, 0.2) is 5.69 Å². The maximum absolute atomic E-state index is 12.9. The molecule has 150 valence electrons. The first-order valence-corrected chi connectivity index (χ1v) is 9.80. The summed E-state index contributed by atoms with van der Waals surface area (Å²) in [5, 5.41) is 9.75. The Kier molecular flexibility index (Phi) is 4.39. The molecule has 0 aliphatic carbocycles. The molecule has 0 bridgehead atoms. The maximum Gasteiger partial charge on any atom is 0.275 e. The van der Waals surface area contributed by atoms with E-state index in [4.69, 9.17) is 0 Å². The highest BCUT2D eigenvalue weighted by atomic mass is 16.2. The number of nitrogens with zero attached hydrogens (tertiary/aromatic N) is 6. The molecule has 1 aromatic carbocycles. The Hall–Kier alpha value is -3.81. The summed E-state index contributed by atoms with van der Waals surface area (Å²) in [7, 11) is 1.84. The average Bonchev–Trinajstić information content (AvgIpc) is 3.09. The van der Waals surface area contributed by atoms with Crippen LogP contribution in [0, 0.1) is 5.92 Å². The van der Waals surface area contributed by atoms with Crippen molar-refractivity contribution in [1.82, 2.24) is 29.4 Å². The van der Waals surface area contributed by atoms with Crippen LogP contribution >= 0.6 is 0 Å². The van der Waals surface area contributed by atoms with Crippen molar-refractivity contribution in [1.29, 1.82) is 0 Å². The van der Waals surface area contributed by atoms with Crippen molar-refractivity contribution in [3.05, 3.63) is 77.0 Å². The Morgan fingerprint density at radius 2 is 1.90 bits per heavy atom. The van der Waals surface area contributed by atoms with Crippen molar-refractivity contribution in [2.45, 2.75) is 6.54 Å². The maximum atomic E-state index is 12.9. The fraction of sp³-hybridized carbons (Fsp3) is 0.227. The molecule has 1 saturated heterocycles. The standard InChI is InChI=1S/C22H20N6O2/c1-26-19-7-3-2-6-17(19)21(25-26)22(30)27-12-15(13-27)14-28-20(29)9-8-18(24-28)16-5-4-10-23-11-16/h2-11,15H,12-14H2,1H3. The molecule has 1 fully saturated rings. The van der Waals surface area contributed by atoms with Gasteiger partial charge in [0.1, 0.15) is 0 Å². The van der Waals surface area contributed by atoms with Crippen LogP contribution in [0.3, 0.4) is 0 Å². The topological polar surface area (TPSA) is 85.9 Å². The van der Waals surface area contributed by atoms with Crippen molar-refractivity contribution >= 4 is 16.8 Å². The van der Waals surface area contributed by atoms with E-state index in [0.717, 1.165) is 16.5 Å². The summed E-state index contributed by atoms with van der Waals surface area (Å²) in [6.45, 7) is 1.63. The predicted octanol–water partition coefficient (Wildman–Crippen LogP) is 1.96. The molecule has 0 saturated carbocycles. The fourth-order valence-corrected chi connectivity index (χ4v) is 3.87. The molecule has 4 heterocycles. The van der Waals surface area contributed by atoms with Gasteiger partial charge in [-0.3, -0.25) is 19.3 Å². The second kappa shape index (κ2) is 7.22. The van der Waals surface area contributed by atoms with Gasteiger partial charge in [0, 0.05) is 55.5 Å². The summed E-state index contributed by atoms with van der Waals surface area (Å²) in [5.41, 5.74) is 2.82. The molecule has 8 nitrogen and oxygen atoms in total. The van der Waals surface area contributed by atoms with Gasteiger partial charge in [0.25, 0.3) is 11.5 Å². The number of fused-ring (bicyclic) bond motifs is 1. The smallest absolute Gasteiger partial charge is 0.275 e. The number of pyridine rings is 1. The van der Waals surface area contributed by atoms with E-state index in [1.807, 2.05) is 43.4 Å². The predicted molar refractivity (Wildman–Crippen MR) is 112 cm³/mol. The highest BCUT2D eigenvalue weighted by Crippen LogP contribution is 2.24. The lowest BCUT2D eigenvalue weighted by Gasteiger charge is -2.38. The zero-order chi connectivity index (χ0) is 20.7. The fourth-order valence-electron chi connectivity index (χ4n) is 3.87. The number of likely N-dealkylation sites (tertiary alicyclic amines) is 1. The van der Waals surface area contributed by atoms with E-state index < -0.39 is 0 Å². The first-order chi connectivity index (χ1) is 14.6. The molecule has 0 radical (unpaired) electrons. The largest absolute Gasteiger partial charge is 0.336 e. The monoisotopic (exact) mass is 400 g/mol. The van der Waals surface area contributed by atoms with E-state index in [2.05, 4.69) is 15.2 Å². The van der Waals surface area contributed by atoms with E-state index in [1.54, 1.807) is 28.0 Å². The number of carbonyl (C=O) groups is 1. The van der Waals surface area contributed by atoms with Crippen LogP contribution in [0.2, 0.25) is 0 Å². The van der Waals surface area contributed by atoms with Gasteiger partial charge in [-0.1, -0.05) is 18.2 Å². The third-order valence-electron chi connectivity index (χ3n) is 5.46. The number of hydrogen-bond donors (Lipinski definition) is 0. The molecule has 5 rings (SSSR count). The number of para-hydroxylation sites is 1. The van der Waals surface area contributed by atoms with Crippen molar-refractivity contribution in [2.75, 3.05) is 13.1 Å². The van der Waals surface area contributed by atoms with E-state index >= 15 is 0 Å². The van der Waals surface area contributed by atoms with Gasteiger partial charge < -0.3 is 4.90 Å². The minimum Gasteiger partial charge on any atom is -0.336 e. The average molecular weight is 400 g/mol. The molecule has 30 heavy (non-hydrogen) atoms. The van der Waals surface area contributed by atoms with Crippen molar-refractivity contribution < 1.29 is 4.79 Å². The highest BCUT2D eigenvalue weighted by molar-refractivity contribution is 6.05. The quantitative estimate of drug-likeness (QED) is 0.523. The van der Waals surface area contributed by atoms with Crippen LogP contribution < -0.4 is 5.56 Å². The number of hydrogen-bond acceptors (Lipinski definition) is 5. The Balaban J connectivity index is 1.30. The van der Waals surface area contributed by atoms with Crippen LogP contribution in [0.4, 0.5) is 0 Å². The number of aryl methyl sites for hydroxylation is 1. The van der Waals surface area contributed by atoms with Gasteiger partial charge in [0.2, 0.25) is 0 Å². The number of carbonyl (C=O) groups excluding carboxylic acids is 1. The van der Waals surface area contributed by atoms with Gasteiger partial charge in [-0.15, -0.1) is 0 Å². The van der Waals surface area contributed by atoms with Crippen LogP contribution in [0.25, 0.3) is 22.2 Å². The van der Waals surface area contributed by atoms with Crippen LogP contribution in [0.1, 0.15) is 10.5 Å². The normalized spacial score (nSPS) is 14.1. The number of benzene rings is 1. The minimum atomic E-state index is -0.150. The van der Waals surface area contributed by atoms with Crippen molar-refractivity contribution in [2.24, 2.45) is 13.0 Å². The number of aromatic nitrogens is 5. The van der Waals surface area contributed by atoms with E-state index in [1.165, 1.54) is 10.7 Å². The van der Waals surface area contributed by atoms with Crippen LogP contribution in [-0.2, 0) is 13.6 Å². The highest BCUT2D eigenvalue weighted by Gasteiger charge is 2.33. The Morgan fingerprint density at radius 3 is 2.70 bits per heavy atom. The van der Waals surface area contributed by atoms with Crippen LogP contribution in [0.15, 0.2) is 65.7 Å².